The summed E-state index contributed by atoms with van der Waals surface area (Å²) in [5.74, 6) is -0.557. The minimum absolute atomic E-state index is 0.268. The van der Waals surface area contributed by atoms with Crippen LogP contribution in [0.25, 0.3) is 11.1 Å². The third-order valence-corrected chi connectivity index (χ3v) is 2.34. The van der Waals surface area contributed by atoms with Crippen LogP contribution in [0.5, 0.6) is 0 Å². The van der Waals surface area contributed by atoms with Crippen molar-refractivity contribution in [3.8, 4) is 11.1 Å². The summed E-state index contributed by atoms with van der Waals surface area (Å²) in [6.07, 6.45) is 0. The molecule has 2 rings (SSSR count). The highest BCUT2D eigenvalue weighted by Crippen LogP contribution is 2.24. The monoisotopic (exact) mass is 234 g/mol. The molecule has 0 fully saturated rings. The van der Waals surface area contributed by atoms with Crippen molar-refractivity contribution in [2.24, 2.45) is 0 Å². The van der Waals surface area contributed by atoms with Gasteiger partial charge >= 0.3 is 0 Å². The van der Waals surface area contributed by atoms with Crippen molar-refractivity contribution in [3.63, 3.8) is 0 Å². The minimum atomic E-state index is -0.288. The van der Waals surface area contributed by atoms with E-state index in [1.54, 1.807) is 37.3 Å². The van der Waals surface area contributed by atoms with Crippen LogP contribution in [0.4, 0.5) is 8.78 Å². The van der Waals surface area contributed by atoms with Crippen LogP contribution in [0.2, 0.25) is 0 Å². The Kier molecular flexibility index (Phi) is 4.83. The van der Waals surface area contributed by atoms with Gasteiger partial charge in [0, 0.05) is 5.56 Å². The van der Waals surface area contributed by atoms with E-state index in [1.807, 2.05) is 13.8 Å². The van der Waals surface area contributed by atoms with Crippen LogP contribution in [-0.4, -0.2) is 0 Å². The fraction of sp³-hybridized carbons (Fsp3) is 0.200. The van der Waals surface area contributed by atoms with Crippen molar-refractivity contribution in [2.75, 3.05) is 0 Å². The second-order valence-electron chi connectivity index (χ2n) is 3.44. The molecule has 0 saturated carbocycles. The Morgan fingerprint density at radius 1 is 0.824 bits per heavy atom. The zero-order chi connectivity index (χ0) is 12.8. The first-order valence-electron chi connectivity index (χ1n) is 5.69. The van der Waals surface area contributed by atoms with Crippen molar-refractivity contribution >= 4 is 0 Å². The zero-order valence-corrected chi connectivity index (χ0v) is 10.3. The number of hydrogen-bond acceptors (Lipinski definition) is 0. The van der Waals surface area contributed by atoms with Crippen LogP contribution in [0.3, 0.4) is 0 Å². The van der Waals surface area contributed by atoms with Gasteiger partial charge in [0.2, 0.25) is 0 Å². The molecule has 0 amide bonds. The Labute approximate surface area is 101 Å². The van der Waals surface area contributed by atoms with Crippen molar-refractivity contribution < 1.29 is 8.78 Å². The molecule has 0 spiro atoms. The maximum atomic E-state index is 13.4. The van der Waals surface area contributed by atoms with E-state index in [1.165, 1.54) is 12.1 Å². The molecule has 0 aliphatic carbocycles. The molecular weight excluding hydrogens is 218 g/mol. The molecule has 17 heavy (non-hydrogen) atoms. The molecule has 2 aromatic rings. The van der Waals surface area contributed by atoms with Crippen LogP contribution >= 0.6 is 0 Å². The summed E-state index contributed by atoms with van der Waals surface area (Å²) in [6, 6.07) is 11.1. The van der Waals surface area contributed by atoms with E-state index in [0.29, 0.717) is 16.7 Å². The van der Waals surface area contributed by atoms with Crippen LogP contribution in [0, 0.1) is 18.6 Å². The van der Waals surface area contributed by atoms with Gasteiger partial charge in [0.25, 0.3) is 0 Å². The van der Waals surface area contributed by atoms with E-state index in [-0.39, 0.29) is 11.6 Å². The van der Waals surface area contributed by atoms with E-state index in [0.717, 1.165) is 0 Å². The summed E-state index contributed by atoms with van der Waals surface area (Å²) >= 11 is 0. The summed E-state index contributed by atoms with van der Waals surface area (Å²) in [6.45, 7) is 5.67. The lowest BCUT2D eigenvalue weighted by Crippen LogP contribution is -1.87. The Balaban J connectivity index is 0.000000686. The molecule has 2 aromatic carbocycles. The van der Waals surface area contributed by atoms with Crippen molar-refractivity contribution in [1.82, 2.24) is 0 Å². The molecule has 0 aliphatic heterocycles. The summed E-state index contributed by atoms with van der Waals surface area (Å²) in [4.78, 5) is 0. The van der Waals surface area contributed by atoms with E-state index >= 15 is 0 Å². The molecule has 0 radical (unpaired) electrons. The van der Waals surface area contributed by atoms with Gasteiger partial charge in [-0.1, -0.05) is 38.1 Å². The third kappa shape index (κ3) is 3.13. The molecule has 0 nitrogen and oxygen atoms in total. The average molecular weight is 234 g/mol. The van der Waals surface area contributed by atoms with Crippen LogP contribution in [-0.2, 0) is 0 Å². The first kappa shape index (κ1) is 13.4. The fourth-order valence-corrected chi connectivity index (χ4v) is 1.51. The van der Waals surface area contributed by atoms with Gasteiger partial charge in [0.1, 0.15) is 11.6 Å². The van der Waals surface area contributed by atoms with E-state index in [2.05, 4.69) is 0 Å². The predicted octanol–water partition coefficient (Wildman–Crippen LogP) is 4.97. The van der Waals surface area contributed by atoms with Gasteiger partial charge in [0.05, 0.1) is 0 Å². The fourth-order valence-electron chi connectivity index (χ4n) is 1.51. The minimum Gasteiger partial charge on any atom is -0.207 e. The van der Waals surface area contributed by atoms with Crippen molar-refractivity contribution in [1.29, 1.82) is 0 Å². The highest BCUT2D eigenvalue weighted by atomic mass is 19.1. The van der Waals surface area contributed by atoms with Crippen LogP contribution in [0.1, 0.15) is 19.4 Å². The van der Waals surface area contributed by atoms with Gasteiger partial charge in [0.15, 0.2) is 0 Å². The Morgan fingerprint density at radius 3 is 2.06 bits per heavy atom. The average Bonchev–Trinajstić information content (AvgIpc) is 2.36. The number of benzene rings is 2. The molecular formula is C15H16F2. The predicted molar refractivity (Wildman–Crippen MR) is 67.9 cm³/mol. The Morgan fingerprint density at radius 2 is 1.47 bits per heavy atom. The van der Waals surface area contributed by atoms with Gasteiger partial charge in [-0.15, -0.1) is 0 Å². The van der Waals surface area contributed by atoms with Crippen LogP contribution in [0.15, 0.2) is 42.5 Å². The molecule has 0 heterocycles. The van der Waals surface area contributed by atoms with E-state index in [4.69, 9.17) is 0 Å². The maximum Gasteiger partial charge on any atom is 0.131 e. The number of halogens is 2. The van der Waals surface area contributed by atoms with Crippen molar-refractivity contribution in [2.45, 2.75) is 20.8 Å². The number of aryl methyl sites for hydroxylation is 1. The molecule has 0 bridgehead atoms. The first-order chi connectivity index (χ1) is 8.18. The van der Waals surface area contributed by atoms with Gasteiger partial charge in [-0.25, -0.2) is 8.78 Å². The topological polar surface area (TPSA) is 0 Å². The first-order valence-corrected chi connectivity index (χ1v) is 5.69. The van der Waals surface area contributed by atoms with E-state index in [9.17, 15) is 8.78 Å². The molecule has 0 unspecified atom stereocenters. The molecule has 0 saturated heterocycles. The molecule has 0 N–H and O–H groups in total. The molecule has 0 aliphatic rings. The zero-order valence-electron chi connectivity index (χ0n) is 10.3. The highest BCUT2D eigenvalue weighted by Gasteiger charge is 2.05. The normalized spacial score (nSPS) is 9.47. The summed E-state index contributed by atoms with van der Waals surface area (Å²) in [7, 11) is 0. The Hall–Kier alpha value is -1.70. The molecule has 90 valence electrons. The number of hydrogen-bond donors (Lipinski definition) is 0. The van der Waals surface area contributed by atoms with Gasteiger partial charge < -0.3 is 0 Å². The lowest BCUT2D eigenvalue weighted by molar-refractivity contribution is 0.617. The molecule has 0 aromatic heterocycles. The highest BCUT2D eigenvalue weighted by molar-refractivity contribution is 5.64. The summed E-state index contributed by atoms with van der Waals surface area (Å²) in [5, 5.41) is 0. The van der Waals surface area contributed by atoms with Crippen molar-refractivity contribution in [3.05, 3.63) is 59.7 Å². The lowest BCUT2D eigenvalue weighted by Gasteiger charge is -2.04. The van der Waals surface area contributed by atoms with Gasteiger partial charge in [-0.05, 0) is 36.2 Å². The SMILES string of the molecule is CC.Cc1cc(-c2ccccc2F)ccc1F. The quantitative estimate of drug-likeness (QED) is 0.653. The van der Waals surface area contributed by atoms with E-state index < -0.39 is 0 Å². The molecule has 2 heteroatoms. The maximum absolute atomic E-state index is 13.4. The largest absolute Gasteiger partial charge is 0.207 e. The lowest BCUT2D eigenvalue weighted by atomic mass is 10.0. The third-order valence-electron chi connectivity index (χ3n) is 2.34. The van der Waals surface area contributed by atoms with Gasteiger partial charge in [-0.3, -0.25) is 0 Å². The van der Waals surface area contributed by atoms with Crippen LogP contribution < -0.4 is 0 Å². The second-order valence-corrected chi connectivity index (χ2v) is 3.44. The summed E-state index contributed by atoms with van der Waals surface area (Å²) < 4.78 is 26.4. The number of rotatable bonds is 1. The smallest absolute Gasteiger partial charge is 0.131 e. The summed E-state index contributed by atoms with van der Waals surface area (Å²) in [5.41, 5.74) is 1.73. The van der Waals surface area contributed by atoms with Gasteiger partial charge in [-0.2, -0.15) is 0 Å². The molecule has 0 atom stereocenters. The second kappa shape index (κ2) is 6.14. The Bertz CT molecular complexity index is 490. The standard InChI is InChI=1S/C13H10F2.C2H6/c1-9-8-10(6-7-12(9)14)11-4-2-3-5-13(11)15;1-2/h2-8H,1H3;1-2H3.